The topological polar surface area (TPSA) is 26.8 Å². The van der Waals surface area contributed by atoms with Crippen LogP contribution in [0.4, 0.5) is 11.4 Å². The predicted octanol–water partition coefficient (Wildman–Crippen LogP) is 5.64. The first-order chi connectivity index (χ1) is 14.8. The summed E-state index contributed by atoms with van der Waals surface area (Å²) in [5.74, 6) is 0.840. The number of halogens is 2. The van der Waals surface area contributed by atoms with E-state index in [1.165, 1.54) is 5.69 Å². The van der Waals surface area contributed by atoms with Crippen molar-refractivity contribution in [2.45, 2.75) is 25.9 Å². The first kappa shape index (κ1) is 22.5. The van der Waals surface area contributed by atoms with Crippen LogP contribution in [0.25, 0.3) is 6.08 Å². The third kappa shape index (κ3) is 4.75. The highest BCUT2D eigenvalue weighted by Crippen LogP contribution is 2.35. The van der Waals surface area contributed by atoms with Gasteiger partial charge < -0.3 is 9.80 Å². The van der Waals surface area contributed by atoms with Gasteiger partial charge in [-0.15, -0.1) is 11.8 Å². The van der Waals surface area contributed by atoms with Gasteiger partial charge in [0.1, 0.15) is 0 Å². The minimum atomic E-state index is 0.00422. The third-order valence-corrected chi connectivity index (χ3v) is 7.90. The summed E-state index contributed by atoms with van der Waals surface area (Å²) in [6.45, 7) is 7.11. The van der Waals surface area contributed by atoms with Gasteiger partial charge in [-0.05, 0) is 56.8 Å². The second-order valence-corrected chi connectivity index (χ2v) is 10.2. The largest absolute Gasteiger partial charge is 0.368 e. The van der Waals surface area contributed by atoms with E-state index >= 15 is 0 Å². The number of benzene rings is 2. The van der Waals surface area contributed by atoms with E-state index < -0.39 is 0 Å². The molecule has 2 atom stereocenters. The summed E-state index contributed by atoms with van der Waals surface area (Å²) in [7, 11) is 2.19. The molecule has 0 aliphatic carbocycles. The van der Waals surface area contributed by atoms with E-state index in [0.717, 1.165) is 35.0 Å². The van der Waals surface area contributed by atoms with Crippen molar-refractivity contribution in [2.75, 3.05) is 42.2 Å². The smallest absolute Gasteiger partial charge is 0.264 e. The molecule has 2 aromatic rings. The number of nitrogens with zero attached hydrogens (tertiary/aromatic N) is 3. The Morgan fingerprint density at radius 2 is 1.74 bits per heavy atom. The van der Waals surface area contributed by atoms with Crippen LogP contribution in [-0.2, 0) is 4.79 Å². The molecule has 2 aliphatic rings. The maximum absolute atomic E-state index is 13.3. The van der Waals surface area contributed by atoms with Gasteiger partial charge in [-0.2, -0.15) is 0 Å². The number of amides is 1. The summed E-state index contributed by atoms with van der Waals surface area (Å²) in [4.78, 5) is 20.7. The fourth-order valence-electron chi connectivity index (χ4n) is 4.19. The molecule has 2 saturated heterocycles. The minimum absolute atomic E-state index is 0.00422. The monoisotopic (exact) mass is 475 g/mol. The van der Waals surface area contributed by atoms with E-state index in [0.29, 0.717) is 28.7 Å². The number of anilines is 2. The van der Waals surface area contributed by atoms with E-state index in [1.54, 1.807) is 28.8 Å². The molecule has 4 rings (SSSR count). The standard InChI is InChI=1S/C24H27Cl2N3OS/c1-16-14-28(15-17(2)27(16)3)22-7-5-4-6-18(22)12-23-24(30)29(10-11-31-23)19-8-9-20(25)21(26)13-19/h4-9,12-13,16-17H,10-11,14-15H2,1-3H3. The summed E-state index contributed by atoms with van der Waals surface area (Å²) < 4.78 is 0. The highest BCUT2D eigenvalue weighted by atomic mass is 35.5. The molecule has 0 aromatic heterocycles. The molecule has 1 amide bonds. The van der Waals surface area contributed by atoms with Crippen LogP contribution in [0.1, 0.15) is 19.4 Å². The third-order valence-electron chi connectivity index (χ3n) is 6.17. The Morgan fingerprint density at radius 3 is 2.45 bits per heavy atom. The van der Waals surface area contributed by atoms with Crippen molar-refractivity contribution in [2.24, 2.45) is 0 Å². The van der Waals surface area contributed by atoms with Crippen LogP contribution >= 0.6 is 35.0 Å². The highest BCUT2D eigenvalue weighted by molar-refractivity contribution is 8.04. The van der Waals surface area contributed by atoms with Gasteiger partial charge in [-0.25, -0.2) is 0 Å². The SMILES string of the molecule is CC1CN(c2ccccc2C=C2SCCN(c3ccc(Cl)c(Cl)c3)C2=O)CC(C)N1C. The van der Waals surface area contributed by atoms with E-state index in [9.17, 15) is 4.79 Å². The van der Waals surface area contributed by atoms with Crippen LogP contribution < -0.4 is 9.80 Å². The lowest BCUT2D eigenvalue weighted by atomic mass is 10.1. The first-order valence-electron chi connectivity index (χ1n) is 10.5. The lowest BCUT2D eigenvalue weighted by Crippen LogP contribution is -2.55. The Labute approximate surface area is 198 Å². The van der Waals surface area contributed by atoms with E-state index in [2.05, 4.69) is 48.9 Å². The van der Waals surface area contributed by atoms with Crippen molar-refractivity contribution < 1.29 is 4.79 Å². The van der Waals surface area contributed by atoms with Gasteiger partial charge in [0.2, 0.25) is 0 Å². The Balaban J connectivity index is 1.63. The number of carbonyl (C=O) groups excluding carboxylic acids is 1. The molecular formula is C24H27Cl2N3OS. The molecule has 2 fully saturated rings. The molecule has 0 N–H and O–H groups in total. The molecule has 164 valence electrons. The van der Waals surface area contributed by atoms with E-state index in [1.807, 2.05) is 18.2 Å². The van der Waals surface area contributed by atoms with Crippen molar-refractivity contribution in [3.63, 3.8) is 0 Å². The average molecular weight is 476 g/mol. The van der Waals surface area contributed by atoms with Crippen molar-refractivity contribution in [1.82, 2.24) is 4.90 Å². The van der Waals surface area contributed by atoms with Crippen LogP contribution in [0.2, 0.25) is 10.0 Å². The molecule has 2 aliphatic heterocycles. The summed E-state index contributed by atoms with van der Waals surface area (Å²) in [5, 5.41) is 0.948. The molecule has 2 aromatic carbocycles. The van der Waals surface area contributed by atoms with Crippen LogP contribution in [-0.4, -0.2) is 55.3 Å². The van der Waals surface area contributed by atoms with Crippen LogP contribution in [0.5, 0.6) is 0 Å². The fraction of sp³-hybridized carbons (Fsp3) is 0.375. The molecular weight excluding hydrogens is 449 g/mol. The lowest BCUT2D eigenvalue weighted by molar-refractivity contribution is -0.114. The molecule has 0 bridgehead atoms. The van der Waals surface area contributed by atoms with Gasteiger partial charge in [0.15, 0.2) is 0 Å². The molecule has 4 nitrogen and oxygen atoms in total. The molecule has 7 heteroatoms. The van der Waals surface area contributed by atoms with Crippen LogP contribution in [0.15, 0.2) is 47.4 Å². The van der Waals surface area contributed by atoms with Crippen molar-refractivity contribution in [3.8, 4) is 0 Å². The highest BCUT2D eigenvalue weighted by Gasteiger charge is 2.29. The summed E-state index contributed by atoms with van der Waals surface area (Å²) >= 11 is 13.9. The average Bonchev–Trinajstić information content (AvgIpc) is 2.75. The number of piperazine rings is 1. The minimum Gasteiger partial charge on any atom is -0.368 e. The maximum atomic E-state index is 13.3. The number of rotatable bonds is 3. The number of likely N-dealkylation sites (N-methyl/N-ethyl adjacent to an activating group) is 1. The molecule has 0 saturated carbocycles. The Morgan fingerprint density at radius 1 is 1.03 bits per heavy atom. The first-order valence-corrected chi connectivity index (χ1v) is 12.3. The van der Waals surface area contributed by atoms with Crippen LogP contribution in [0, 0.1) is 0 Å². The molecule has 0 spiro atoms. The normalized spacial score (nSPS) is 24.2. The summed E-state index contributed by atoms with van der Waals surface area (Å²) in [6, 6.07) is 14.7. The van der Waals surface area contributed by atoms with Gasteiger partial charge in [0.05, 0.1) is 15.0 Å². The second kappa shape index (κ2) is 9.45. The van der Waals surface area contributed by atoms with Gasteiger partial charge in [-0.3, -0.25) is 9.69 Å². The zero-order valence-corrected chi connectivity index (χ0v) is 20.3. The van der Waals surface area contributed by atoms with Gasteiger partial charge in [-0.1, -0.05) is 41.4 Å². The van der Waals surface area contributed by atoms with Crippen molar-refractivity contribution in [3.05, 3.63) is 63.0 Å². The van der Waals surface area contributed by atoms with Crippen LogP contribution in [0.3, 0.4) is 0 Å². The molecule has 2 unspecified atom stereocenters. The number of thioether (sulfide) groups is 1. The summed E-state index contributed by atoms with van der Waals surface area (Å²) in [5.41, 5.74) is 3.04. The lowest BCUT2D eigenvalue weighted by Gasteiger charge is -2.44. The van der Waals surface area contributed by atoms with Gasteiger partial charge in [0.25, 0.3) is 5.91 Å². The molecule has 2 heterocycles. The maximum Gasteiger partial charge on any atom is 0.264 e. The number of carbonyl (C=O) groups is 1. The Kier molecular flexibility index (Phi) is 6.87. The van der Waals surface area contributed by atoms with E-state index in [-0.39, 0.29) is 5.91 Å². The number of hydrogen-bond donors (Lipinski definition) is 0. The zero-order valence-electron chi connectivity index (χ0n) is 18.0. The number of hydrogen-bond acceptors (Lipinski definition) is 4. The van der Waals surface area contributed by atoms with Crippen molar-refractivity contribution in [1.29, 1.82) is 0 Å². The quantitative estimate of drug-likeness (QED) is 0.536. The second-order valence-electron chi connectivity index (χ2n) is 8.24. The zero-order chi connectivity index (χ0) is 22.1. The van der Waals surface area contributed by atoms with E-state index in [4.69, 9.17) is 23.2 Å². The fourth-order valence-corrected chi connectivity index (χ4v) is 5.42. The molecule has 0 radical (unpaired) electrons. The Bertz CT molecular complexity index is 1000. The Hall–Kier alpha value is -1.66. The van der Waals surface area contributed by atoms with Gasteiger partial charge in [0, 0.05) is 48.8 Å². The van der Waals surface area contributed by atoms with Crippen molar-refractivity contribution >= 4 is 58.3 Å². The summed E-state index contributed by atoms with van der Waals surface area (Å²) in [6.07, 6.45) is 2.04. The predicted molar refractivity (Wildman–Crippen MR) is 135 cm³/mol. The number of para-hydroxylation sites is 1. The molecule has 31 heavy (non-hydrogen) atoms. The van der Waals surface area contributed by atoms with Gasteiger partial charge >= 0.3 is 0 Å².